The van der Waals surface area contributed by atoms with Gasteiger partial charge in [-0.15, -0.1) is 0 Å². The minimum Gasteiger partial charge on any atom is -0.462 e. The standard InChI is InChI=1S/C42H80NO10P/c1-6-8-10-12-14-15-16-17-18-19-21-25-29-33-41(44)49-37-40(38-51-54(47,48)50-36-35-43(3,4)5)52-42(45)34-30-26-22-24-28-32-39(53-46)31-27-23-20-13-11-9-7-2/h20,23,31,40H,6-19,21-22,24-30,32-38H2,1-5H3,(H-,46,47,48)/p+1/b23-20-,39-31+. The van der Waals surface area contributed by atoms with Gasteiger partial charge in [0.25, 0.3) is 0 Å². The van der Waals surface area contributed by atoms with E-state index in [0.717, 1.165) is 57.8 Å². The van der Waals surface area contributed by atoms with E-state index in [1.165, 1.54) is 83.5 Å². The van der Waals surface area contributed by atoms with Crippen molar-refractivity contribution in [2.45, 2.75) is 187 Å². The Balaban J connectivity index is 4.53. The number of quaternary nitrogens is 1. The first-order valence-electron chi connectivity index (χ1n) is 21.3. The Hall–Kier alpha value is -1.75. The smallest absolute Gasteiger partial charge is 0.462 e. The van der Waals surface area contributed by atoms with Crippen molar-refractivity contribution in [2.24, 2.45) is 0 Å². The summed E-state index contributed by atoms with van der Waals surface area (Å²) in [5.74, 6) is -0.313. The summed E-state index contributed by atoms with van der Waals surface area (Å²) in [6, 6.07) is 0. The number of esters is 2. The van der Waals surface area contributed by atoms with Crippen molar-refractivity contribution in [3.05, 3.63) is 24.0 Å². The lowest BCUT2D eigenvalue weighted by atomic mass is 10.0. The van der Waals surface area contributed by atoms with E-state index in [4.69, 9.17) is 18.5 Å². The number of rotatable bonds is 39. The number of phosphoric acid groups is 1. The number of phosphoric ester groups is 1. The normalized spacial score (nSPS) is 13.9. The van der Waals surface area contributed by atoms with Crippen LogP contribution in [0.3, 0.4) is 0 Å². The third-order valence-electron chi connectivity index (χ3n) is 9.20. The lowest BCUT2D eigenvalue weighted by Gasteiger charge is -2.24. The van der Waals surface area contributed by atoms with Gasteiger partial charge in [-0.3, -0.25) is 18.6 Å². The van der Waals surface area contributed by atoms with Crippen LogP contribution in [-0.4, -0.2) is 80.2 Å². The minimum atomic E-state index is -4.40. The molecule has 2 N–H and O–H groups in total. The molecular weight excluding hydrogens is 709 g/mol. The molecule has 0 rings (SSSR count). The highest BCUT2D eigenvalue weighted by Crippen LogP contribution is 2.43. The SMILES string of the molecule is CCCCC/C=C\C/C=C(\CCCCCCCC(=O)OC(COC(=O)CCCCCCCCCCCCCCC)COP(=O)(O)OCC[N+](C)(C)C)OO. The largest absolute Gasteiger partial charge is 0.472 e. The van der Waals surface area contributed by atoms with Gasteiger partial charge in [-0.2, -0.15) is 0 Å². The third-order valence-corrected chi connectivity index (χ3v) is 10.2. The summed E-state index contributed by atoms with van der Waals surface area (Å²) in [5, 5.41) is 9.19. The summed E-state index contributed by atoms with van der Waals surface area (Å²) in [6.07, 6.45) is 31.6. The molecule has 0 aliphatic rings. The third kappa shape index (κ3) is 37.2. The summed E-state index contributed by atoms with van der Waals surface area (Å²) in [6.45, 7) is 4.24. The van der Waals surface area contributed by atoms with E-state index < -0.39 is 32.5 Å². The van der Waals surface area contributed by atoms with Crippen LogP contribution in [0, 0.1) is 0 Å². The first-order valence-corrected chi connectivity index (χ1v) is 22.8. The van der Waals surface area contributed by atoms with Gasteiger partial charge in [0, 0.05) is 19.3 Å². The van der Waals surface area contributed by atoms with Gasteiger partial charge in [-0.05, 0) is 44.6 Å². The lowest BCUT2D eigenvalue weighted by Crippen LogP contribution is -2.37. The second-order valence-corrected chi connectivity index (χ2v) is 17.1. The van der Waals surface area contributed by atoms with Crippen LogP contribution in [0.2, 0.25) is 0 Å². The topological polar surface area (TPSA) is 138 Å². The van der Waals surface area contributed by atoms with E-state index in [1.54, 1.807) is 0 Å². The van der Waals surface area contributed by atoms with Crippen molar-refractivity contribution in [2.75, 3.05) is 47.5 Å². The molecule has 2 unspecified atom stereocenters. The molecule has 2 atom stereocenters. The van der Waals surface area contributed by atoms with E-state index >= 15 is 0 Å². The molecule has 0 aromatic carbocycles. The molecule has 0 aliphatic carbocycles. The highest BCUT2D eigenvalue weighted by molar-refractivity contribution is 7.47. The molecule has 11 nitrogen and oxygen atoms in total. The minimum absolute atomic E-state index is 0.0109. The first kappa shape index (κ1) is 52.2. The van der Waals surface area contributed by atoms with Gasteiger partial charge in [0.05, 0.1) is 27.7 Å². The molecule has 0 radical (unpaired) electrons. The molecule has 0 aromatic heterocycles. The van der Waals surface area contributed by atoms with Gasteiger partial charge >= 0.3 is 19.8 Å². The zero-order valence-electron chi connectivity index (χ0n) is 35.1. The predicted octanol–water partition coefficient (Wildman–Crippen LogP) is 11.4. The van der Waals surface area contributed by atoms with Crippen LogP contribution < -0.4 is 0 Å². The summed E-state index contributed by atoms with van der Waals surface area (Å²) in [5.41, 5.74) is 0. The number of nitrogens with zero attached hydrogens (tertiary/aromatic N) is 1. The van der Waals surface area contributed by atoms with E-state index in [-0.39, 0.29) is 26.1 Å². The van der Waals surface area contributed by atoms with E-state index in [1.807, 2.05) is 27.2 Å². The number of carbonyl (C=O) groups is 2. The molecule has 0 aliphatic heterocycles. The van der Waals surface area contributed by atoms with Crippen LogP contribution in [-0.2, 0) is 37.6 Å². The molecule has 318 valence electrons. The fraction of sp³-hybridized carbons (Fsp3) is 0.857. The maximum Gasteiger partial charge on any atom is 0.472 e. The quantitative estimate of drug-likeness (QED) is 0.00904. The fourth-order valence-corrected chi connectivity index (χ4v) is 6.50. The van der Waals surface area contributed by atoms with Crippen molar-refractivity contribution in [3.63, 3.8) is 0 Å². The van der Waals surface area contributed by atoms with Crippen molar-refractivity contribution in [1.82, 2.24) is 0 Å². The molecule has 12 heteroatoms. The lowest BCUT2D eigenvalue weighted by molar-refractivity contribution is -0.870. The molecule has 0 fully saturated rings. The Bertz CT molecular complexity index is 1010. The second-order valence-electron chi connectivity index (χ2n) is 15.6. The van der Waals surface area contributed by atoms with E-state index in [9.17, 15) is 24.3 Å². The average molecular weight is 791 g/mol. The zero-order chi connectivity index (χ0) is 40.2. The molecule has 0 heterocycles. The Morgan fingerprint density at radius 2 is 1.15 bits per heavy atom. The van der Waals surface area contributed by atoms with E-state index in [2.05, 4.69) is 30.9 Å². The summed E-state index contributed by atoms with van der Waals surface area (Å²) in [7, 11) is 1.40. The van der Waals surface area contributed by atoms with Crippen LogP contribution in [0.1, 0.15) is 181 Å². The van der Waals surface area contributed by atoms with Gasteiger partial charge in [0.15, 0.2) is 6.10 Å². The summed E-state index contributed by atoms with van der Waals surface area (Å²) < 4.78 is 34.2. The number of hydrogen-bond donors (Lipinski definition) is 2. The number of unbranched alkanes of at least 4 members (excludes halogenated alkanes) is 19. The van der Waals surface area contributed by atoms with Gasteiger partial charge < -0.3 is 23.7 Å². The second kappa shape index (κ2) is 35.6. The average Bonchev–Trinajstić information content (AvgIpc) is 3.12. The Morgan fingerprint density at radius 3 is 1.69 bits per heavy atom. The Labute approximate surface area is 329 Å². The van der Waals surface area contributed by atoms with Crippen LogP contribution in [0.5, 0.6) is 0 Å². The summed E-state index contributed by atoms with van der Waals surface area (Å²) in [4.78, 5) is 39.9. The maximum absolute atomic E-state index is 12.7. The van der Waals surface area contributed by atoms with Gasteiger partial charge in [-0.1, -0.05) is 135 Å². The molecule has 0 spiro atoms. The van der Waals surface area contributed by atoms with Gasteiger partial charge in [0.2, 0.25) is 0 Å². The number of ether oxygens (including phenoxy) is 2. The Morgan fingerprint density at radius 1 is 0.648 bits per heavy atom. The monoisotopic (exact) mass is 791 g/mol. The number of likely N-dealkylation sites (N-methyl/N-ethyl adjacent to an activating group) is 1. The molecule has 0 saturated carbocycles. The maximum atomic E-state index is 12.7. The fourth-order valence-electron chi connectivity index (χ4n) is 5.76. The molecular formula is C42H81NO10P+. The van der Waals surface area contributed by atoms with Gasteiger partial charge in [-0.25, -0.2) is 9.82 Å². The number of hydrogen-bond acceptors (Lipinski definition) is 9. The molecule has 0 saturated heterocycles. The van der Waals surface area contributed by atoms with Crippen LogP contribution in [0.15, 0.2) is 24.0 Å². The summed E-state index contributed by atoms with van der Waals surface area (Å²) >= 11 is 0. The molecule has 0 bridgehead atoms. The van der Waals surface area contributed by atoms with Crippen LogP contribution in [0.25, 0.3) is 0 Å². The molecule has 0 amide bonds. The predicted molar refractivity (Wildman–Crippen MR) is 218 cm³/mol. The highest BCUT2D eigenvalue weighted by Gasteiger charge is 2.27. The Kier molecular flexibility index (Phi) is 34.5. The first-order chi connectivity index (χ1) is 25.9. The number of carbonyl (C=O) groups excluding carboxylic acids is 2. The van der Waals surface area contributed by atoms with Crippen molar-refractivity contribution in [3.8, 4) is 0 Å². The van der Waals surface area contributed by atoms with Crippen molar-refractivity contribution >= 4 is 19.8 Å². The van der Waals surface area contributed by atoms with Crippen LogP contribution in [0.4, 0.5) is 0 Å². The van der Waals surface area contributed by atoms with E-state index in [0.29, 0.717) is 29.6 Å². The van der Waals surface area contributed by atoms with Crippen molar-refractivity contribution < 1.29 is 52.2 Å². The molecule has 54 heavy (non-hydrogen) atoms. The van der Waals surface area contributed by atoms with Crippen molar-refractivity contribution in [1.29, 1.82) is 0 Å². The number of allylic oxidation sites excluding steroid dienone is 4. The molecule has 0 aromatic rings. The highest BCUT2D eigenvalue weighted by atomic mass is 31.2. The van der Waals surface area contributed by atoms with Crippen LogP contribution >= 0.6 is 7.82 Å². The van der Waals surface area contributed by atoms with Gasteiger partial charge in [0.1, 0.15) is 25.5 Å². The zero-order valence-corrected chi connectivity index (χ0v) is 36.0.